The molecule has 10 nitrogen and oxygen atoms in total. The monoisotopic (exact) mass is 434 g/mol. The van der Waals surface area contributed by atoms with E-state index >= 15 is 0 Å². The molecule has 3 amide bonds. The smallest absolute Gasteiger partial charge is 0.325 e. The molecule has 0 aliphatic rings. The van der Waals surface area contributed by atoms with Crippen molar-refractivity contribution >= 4 is 35.5 Å². The van der Waals surface area contributed by atoms with Crippen LogP contribution < -0.4 is 21.7 Å². The summed E-state index contributed by atoms with van der Waals surface area (Å²) < 4.78 is 0. The van der Waals surface area contributed by atoms with Crippen LogP contribution >= 0.6 is 11.8 Å². The van der Waals surface area contributed by atoms with Crippen LogP contribution in [0.4, 0.5) is 0 Å². The summed E-state index contributed by atoms with van der Waals surface area (Å²) in [6.45, 7) is 6.31. The largest absolute Gasteiger partial charge is 0.480 e. The Morgan fingerprint density at radius 1 is 1.00 bits per heavy atom. The van der Waals surface area contributed by atoms with Crippen LogP contribution in [0.1, 0.15) is 40.5 Å². The molecular formula is C18H34N4O6S. The number of thioether (sulfide) groups is 1. The van der Waals surface area contributed by atoms with Crippen molar-refractivity contribution in [3.63, 3.8) is 0 Å². The van der Waals surface area contributed by atoms with Gasteiger partial charge >= 0.3 is 5.97 Å². The van der Waals surface area contributed by atoms with Crippen LogP contribution in [0.3, 0.4) is 0 Å². The van der Waals surface area contributed by atoms with Crippen LogP contribution in [0.25, 0.3) is 0 Å². The first-order valence-corrected chi connectivity index (χ1v) is 10.9. The second-order valence-electron chi connectivity index (χ2n) is 7.05. The Morgan fingerprint density at radius 3 is 2.03 bits per heavy atom. The van der Waals surface area contributed by atoms with Crippen LogP contribution in [0, 0.1) is 5.92 Å². The summed E-state index contributed by atoms with van der Waals surface area (Å²) in [5.41, 5.74) is 5.63. The molecule has 0 rings (SSSR count). The molecule has 0 aromatic rings. The van der Waals surface area contributed by atoms with Gasteiger partial charge in [0.05, 0.1) is 6.10 Å². The van der Waals surface area contributed by atoms with E-state index in [-0.39, 0.29) is 5.92 Å². The predicted molar refractivity (Wildman–Crippen MR) is 111 cm³/mol. The molecule has 0 fully saturated rings. The van der Waals surface area contributed by atoms with Crippen molar-refractivity contribution in [2.75, 3.05) is 12.0 Å². The van der Waals surface area contributed by atoms with E-state index in [0.29, 0.717) is 18.6 Å². The zero-order valence-electron chi connectivity index (χ0n) is 17.6. The predicted octanol–water partition coefficient (Wildman–Crippen LogP) is -0.947. The quantitative estimate of drug-likeness (QED) is 0.215. The van der Waals surface area contributed by atoms with Gasteiger partial charge in [-0.3, -0.25) is 19.2 Å². The molecule has 29 heavy (non-hydrogen) atoms. The number of carboxylic acid groups (broad SMARTS) is 1. The van der Waals surface area contributed by atoms with Crippen LogP contribution in [-0.2, 0) is 19.2 Å². The number of carbonyl (C=O) groups excluding carboxylic acids is 3. The Labute approximate surface area is 175 Å². The van der Waals surface area contributed by atoms with E-state index in [2.05, 4.69) is 16.0 Å². The lowest BCUT2D eigenvalue weighted by atomic mass is 9.97. The maximum Gasteiger partial charge on any atom is 0.325 e. The maximum atomic E-state index is 12.8. The molecule has 0 saturated carbocycles. The normalized spacial score (nSPS) is 17.2. The molecule has 0 aliphatic carbocycles. The topological polar surface area (TPSA) is 171 Å². The first-order chi connectivity index (χ1) is 13.5. The minimum absolute atomic E-state index is 0.262. The number of nitrogens with two attached hydrogens (primary N) is 1. The number of aliphatic carboxylic acids is 1. The third-order valence-electron chi connectivity index (χ3n) is 4.59. The van der Waals surface area contributed by atoms with Crippen molar-refractivity contribution in [1.29, 1.82) is 0 Å². The third-order valence-corrected chi connectivity index (χ3v) is 5.23. The lowest BCUT2D eigenvalue weighted by Crippen LogP contribution is -2.59. The van der Waals surface area contributed by atoms with E-state index in [1.807, 2.05) is 13.2 Å². The number of hydrogen-bond donors (Lipinski definition) is 6. The molecule has 0 aromatic heterocycles. The molecular weight excluding hydrogens is 400 g/mol. The Balaban J connectivity index is 5.36. The van der Waals surface area contributed by atoms with E-state index in [4.69, 9.17) is 10.8 Å². The standard InChI is InChI=1S/C18H34N4O6S/c1-6-9(2)14(22-16(25)13(19)11(4)23)17(26)21-12(7-8-29-5)15(24)20-10(3)18(27)28/h9-14,23H,6-8,19H2,1-5H3,(H,20,24)(H,21,26)(H,22,25)(H,27,28). The summed E-state index contributed by atoms with van der Waals surface area (Å²) in [5, 5.41) is 26.0. The highest BCUT2D eigenvalue weighted by molar-refractivity contribution is 7.98. The Bertz CT molecular complexity index is 575. The van der Waals surface area contributed by atoms with Gasteiger partial charge in [0.25, 0.3) is 0 Å². The minimum Gasteiger partial charge on any atom is -0.480 e. The SMILES string of the molecule is CCC(C)C(NC(=O)C(N)C(C)O)C(=O)NC(CCSC)C(=O)NC(C)C(=O)O. The van der Waals surface area contributed by atoms with E-state index in [1.54, 1.807) is 6.92 Å². The van der Waals surface area contributed by atoms with Crippen molar-refractivity contribution in [3.8, 4) is 0 Å². The number of carboxylic acids is 1. The zero-order valence-corrected chi connectivity index (χ0v) is 18.4. The fourth-order valence-corrected chi connectivity index (χ4v) is 2.78. The average molecular weight is 435 g/mol. The maximum absolute atomic E-state index is 12.8. The van der Waals surface area contributed by atoms with E-state index in [0.717, 1.165) is 0 Å². The highest BCUT2D eigenvalue weighted by atomic mass is 32.2. The van der Waals surface area contributed by atoms with Gasteiger partial charge in [-0.1, -0.05) is 20.3 Å². The Morgan fingerprint density at radius 2 is 1.59 bits per heavy atom. The van der Waals surface area contributed by atoms with Gasteiger partial charge in [0, 0.05) is 0 Å². The average Bonchev–Trinajstić information content (AvgIpc) is 2.66. The molecule has 0 saturated heterocycles. The van der Waals surface area contributed by atoms with Crippen molar-refractivity contribution in [3.05, 3.63) is 0 Å². The van der Waals surface area contributed by atoms with Crippen molar-refractivity contribution in [1.82, 2.24) is 16.0 Å². The van der Waals surface area contributed by atoms with Gasteiger partial charge in [0.1, 0.15) is 24.2 Å². The molecule has 0 aliphatic heterocycles. The first-order valence-electron chi connectivity index (χ1n) is 9.52. The van der Waals surface area contributed by atoms with Crippen molar-refractivity contribution < 1.29 is 29.4 Å². The van der Waals surface area contributed by atoms with E-state index in [1.165, 1.54) is 25.6 Å². The van der Waals surface area contributed by atoms with Gasteiger partial charge < -0.3 is 31.9 Å². The third kappa shape index (κ3) is 9.46. The van der Waals surface area contributed by atoms with E-state index < -0.39 is 54.0 Å². The number of nitrogens with one attached hydrogen (secondary N) is 3. The minimum atomic E-state index is -1.19. The second-order valence-corrected chi connectivity index (χ2v) is 8.03. The van der Waals surface area contributed by atoms with Crippen molar-refractivity contribution in [2.45, 2.75) is 70.8 Å². The highest BCUT2D eigenvalue weighted by Gasteiger charge is 2.32. The Kier molecular flexibility index (Phi) is 12.5. The molecule has 6 unspecified atom stereocenters. The Hall–Kier alpha value is -1.85. The van der Waals surface area contributed by atoms with Gasteiger partial charge in [-0.15, -0.1) is 0 Å². The molecule has 0 heterocycles. The van der Waals surface area contributed by atoms with Gasteiger partial charge in [-0.25, -0.2) is 0 Å². The van der Waals surface area contributed by atoms with Gasteiger partial charge in [0.15, 0.2) is 0 Å². The molecule has 168 valence electrons. The fraction of sp³-hybridized carbons (Fsp3) is 0.778. The lowest BCUT2D eigenvalue weighted by molar-refractivity contribution is -0.142. The van der Waals surface area contributed by atoms with E-state index in [9.17, 15) is 24.3 Å². The van der Waals surface area contributed by atoms with Crippen LogP contribution in [0.5, 0.6) is 0 Å². The number of rotatable bonds is 13. The summed E-state index contributed by atoms with van der Waals surface area (Å²) in [7, 11) is 0. The molecule has 0 radical (unpaired) electrons. The second kappa shape index (κ2) is 13.4. The van der Waals surface area contributed by atoms with Gasteiger partial charge in [0.2, 0.25) is 17.7 Å². The summed E-state index contributed by atoms with van der Waals surface area (Å²) in [4.78, 5) is 48.5. The van der Waals surface area contributed by atoms with Gasteiger partial charge in [-0.05, 0) is 38.2 Å². The first kappa shape index (κ1) is 27.1. The zero-order chi connectivity index (χ0) is 22.7. The summed E-state index contributed by atoms with van der Waals surface area (Å²) in [6.07, 6.45) is 1.61. The fourth-order valence-electron chi connectivity index (χ4n) is 2.31. The number of aliphatic hydroxyl groups excluding tert-OH is 1. The summed E-state index contributed by atoms with van der Waals surface area (Å²) in [5.74, 6) is -2.75. The number of carbonyl (C=O) groups is 4. The molecule has 7 N–H and O–H groups in total. The molecule has 0 spiro atoms. The van der Waals surface area contributed by atoms with Crippen LogP contribution in [0.2, 0.25) is 0 Å². The summed E-state index contributed by atoms with van der Waals surface area (Å²) in [6, 6.07) is -4.21. The molecule has 0 bridgehead atoms. The number of amides is 3. The lowest BCUT2D eigenvalue weighted by Gasteiger charge is -2.28. The summed E-state index contributed by atoms with van der Waals surface area (Å²) >= 11 is 1.47. The molecule has 6 atom stereocenters. The van der Waals surface area contributed by atoms with Crippen LogP contribution in [-0.4, -0.2) is 76.2 Å². The van der Waals surface area contributed by atoms with Crippen molar-refractivity contribution in [2.24, 2.45) is 11.7 Å². The molecule has 11 heteroatoms. The molecule has 0 aromatic carbocycles. The number of aliphatic hydroxyl groups is 1. The van der Waals surface area contributed by atoms with Crippen LogP contribution in [0.15, 0.2) is 0 Å². The van der Waals surface area contributed by atoms with Gasteiger partial charge in [-0.2, -0.15) is 11.8 Å². The number of hydrogen-bond acceptors (Lipinski definition) is 7. The highest BCUT2D eigenvalue weighted by Crippen LogP contribution is 2.10.